The van der Waals surface area contributed by atoms with Gasteiger partial charge in [-0.15, -0.1) is 23.1 Å². The molecular weight excluding hydrogens is 274 g/mol. The lowest BCUT2D eigenvalue weighted by molar-refractivity contribution is 0.405. The summed E-state index contributed by atoms with van der Waals surface area (Å²) in [5, 5.41) is 2.07. The van der Waals surface area contributed by atoms with Crippen molar-refractivity contribution in [3.05, 3.63) is 46.2 Å². The Morgan fingerprint density at radius 1 is 1.32 bits per heavy atom. The first-order valence-corrected chi connectivity index (χ1v) is 7.72. The van der Waals surface area contributed by atoms with Gasteiger partial charge in [-0.3, -0.25) is 0 Å². The van der Waals surface area contributed by atoms with Gasteiger partial charge in [-0.2, -0.15) is 0 Å². The van der Waals surface area contributed by atoms with Crippen molar-refractivity contribution < 1.29 is 4.74 Å². The first-order valence-electron chi connectivity index (χ1n) is 5.86. The maximum atomic E-state index is 5.41. The molecule has 0 aliphatic carbocycles. The molecule has 2 aromatic rings. The molecule has 1 aromatic heterocycles. The summed E-state index contributed by atoms with van der Waals surface area (Å²) in [5.74, 6) is 7.82. The number of thioether (sulfide) groups is 1. The zero-order valence-electron chi connectivity index (χ0n) is 10.7. The number of hydrogen-bond donors (Lipinski definition) is 1. The summed E-state index contributed by atoms with van der Waals surface area (Å²) in [7, 11) is 1.70. The Bertz CT molecular complexity index is 595. The van der Waals surface area contributed by atoms with E-state index in [9.17, 15) is 0 Å². The van der Waals surface area contributed by atoms with Crippen LogP contribution in [-0.4, -0.2) is 13.7 Å². The van der Waals surface area contributed by atoms with Gasteiger partial charge in [0.1, 0.15) is 5.75 Å². The minimum absolute atomic E-state index is 0.398. The second-order valence-electron chi connectivity index (χ2n) is 3.70. The monoisotopic (exact) mass is 289 g/mol. The molecule has 2 rings (SSSR count). The number of methoxy groups -OCH3 is 1. The Balaban J connectivity index is 2.08. The number of para-hydroxylation sites is 1. The first kappa shape index (κ1) is 14.0. The molecule has 0 unspecified atom stereocenters. The smallest absolute Gasteiger partial charge is 0.132 e. The van der Waals surface area contributed by atoms with Crippen molar-refractivity contribution in [1.29, 1.82) is 0 Å². The van der Waals surface area contributed by atoms with Gasteiger partial charge >= 0.3 is 0 Å². The van der Waals surface area contributed by atoms with Crippen LogP contribution < -0.4 is 10.5 Å². The standard InChI is InChI=1S/C15H15NOS2/c1-17-13-6-2-3-7-14(13)19-11-15-12(5-4-9-16)8-10-18-15/h2-3,6-8,10H,9,11,16H2,1H3. The highest BCUT2D eigenvalue weighted by Crippen LogP contribution is 2.33. The van der Waals surface area contributed by atoms with E-state index < -0.39 is 0 Å². The molecule has 0 radical (unpaired) electrons. The molecular formula is C15H15NOS2. The molecule has 0 aliphatic rings. The third-order valence-electron chi connectivity index (χ3n) is 2.50. The molecule has 2 nitrogen and oxygen atoms in total. The Morgan fingerprint density at radius 2 is 2.16 bits per heavy atom. The molecule has 0 saturated carbocycles. The Hall–Kier alpha value is -1.41. The number of benzene rings is 1. The summed E-state index contributed by atoms with van der Waals surface area (Å²) in [6.45, 7) is 0.398. The van der Waals surface area contributed by atoms with E-state index in [0.717, 1.165) is 22.0 Å². The van der Waals surface area contributed by atoms with Crippen LogP contribution in [0.1, 0.15) is 10.4 Å². The highest BCUT2D eigenvalue weighted by molar-refractivity contribution is 7.98. The zero-order valence-corrected chi connectivity index (χ0v) is 12.3. The largest absolute Gasteiger partial charge is 0.496 e. The molecule has 0 spiro atoms. The summed E-state index contributed by atoms with van der Waals surface area (Å²) in [4.78, 5) is 2.42. The first-order chi connectivity index (χ1) is 9.35. The minimum Gasteiger partial charge on any atom is -0.496 e. The van der Waals surface area contributed by atoms with Crippen LogP contribution in [0.5, 0.6) is 5.75 Å². The summed E-state index contributed by atoms with van der Waals surface area (Å²) >= 11 is 3.49. The van der Waals surface area contributed by atoms with Gasteiger partial charge in [0.2, 0.25) is 0 Å². The van der Waals surface area contributed by atoms with Crippen molar-refractivity contribution in [2.75, 3.05) is 13.7 Å². The van der Waals surface area contributed by atoms with Gasteiger partial charge in [0.25, 0.3) is 0 Å². The zero-order chi connectivity index (χ0) is 13.5. The topological polar surface area (TPSA) is 35.2 Å². The molecule has 0 aliphatic heterocycles. The SMILES string of the molecule is COc1ccccc1SCc1sccc1C#CCN. The lowest BCUT2D eigenvalue weighted by Gasteiger charge is -2.06. The van der Waals surface area contributed by atoms with E-state index in [2.05, 4.69) is 23.3 Å². The van der Waals surface area contributed by atoms with Crippen molar-refractivity contribution in [3.8, 4) is 17.6 Å². The van der Waals surface area contributed by atoms with E-state index in [-0.39, 0.29) is 0 Å². The quantitative estimate of drug-likeness (QED) is 0.692. The molecule has 98 valence electrons. The minimum atomic E-state index is 0.398. The van der Waals surface area contributed by atoms with Crippen LogP contribution in [0.15, 0.2) is 40.6 Å². The molecule has 0 fully saturated rings. The summed E-state index contributed by atoms with van der Waals surface area (Å²) < 4.78 is 5.35. The van der Waals surface area contributed by atoms with Crippen LogP contribution in [0, 0.1) is 11.8 Å². The van der Waals surface area contributed by atoms with Crippen molar-refractivity contribution >= 4 is 23.1 Å². The maximum Gasteiger partial charge on any atom is 0.132 e. The van der Waals surface area contributed by atoms with Crippen LogP contribution >= 0.6 is 23.1 Å². The predicted octanol–water partition coefficient (Wildman–Crippen LogP) is 3.36. The molecule has 0 amide bonds. The molecule has 19 heavy (non-hydrogen) atoms. The molecule has 0 bridgehead atoms. The average Bonchev–Trinajstić information content (AvgIpc) is 2.90. The Kier molecular flexibility index (Phi) is 5.34. The van der Waals surface area contributed by atoms with Crippen molar-refractivity contribution in [3.63, 3.8) is 0 Å². The average molecular weight is 289 g/mol. The fraction of sp³-hybridized carbons (Fsp3) is 0.200. The Labute approximate surface area is 122 Å². The van der Waals surface area contributed by atoms with Gasteiger partial charge in [0, 0.05) is 21.1 Å². The van der Waals surface area contributed by atoms with Crippen molar-refractivity contribution in [2.24, 2.45) is 5.73 Å². The highest BCUT2D eigenvalue weighted by Gasteiger charge is 2.06. The number of nitrogens with two attached hydrogens (primary N) is 1. The van der Waals surface area contributed by atoms with E-state index >= 15 is 0 Å². The molecule has 1 aromatic carbocycles. The van der Waals surface area contributed by atoms with Crippen LogP contribution in [0.3, 0.4) is 0 Å². The van der Waals surface area contributed by atoms with E-state index in [4.69, 9.17) is 10.5 Å². The van der Waals surface area contributed by atoms with Gasteiger partial charge in [-0.1, -0.05) is 24.0 Å². The fourth-order valence-corrected chi connectivity index (χ4v) is 3.57. The lowest BCUT2D eigenvalue weighted by atomic mass is 10.3. The van der Waals surface area contributed by atoms with Crippen LogP contribution in [-0.2, 0) is 5.75 Å². The molecule has 0 atom stereocenters. The second-order valence-corrected chi connectivity index (χ2v) is 5.72. The molecule has 2 N–H and O–H groups in total. The van der Waals surface area contributed by atoms with Gasteiger partial charge < -0.3 is 10.5 Å². The van der Waals surface area contributed by atoms with E-state index in [1.54, 1.807) is 30.2 Å². The van der Waals surface area contributed by atoms with Gasteiger partial charge in [0.05, 0.1) is 13.7 Å². The number of ether oxygens (including phenoxy) is 1. The normalized spacial score (nSPS) is 9.79. The van der Waals surface area contributed by atoms with E-state index in [0.29, 0.717) is 6.54 Å². The second kappa shape index (κ2) is 7.25. The summed E-state index contributed by atoms with van der Waals surface area (Å²) in [6.07, 6.45) is 0. The fourth-order valence-electron chi connectivity index (χ4n) is 1.59. The number of thiophene rings is 1. The van der Waals surface area contributed by atoms with E-state index in [1.807, 2.05) is 24.3 Å². The van der Waals surface area contributed by atoms with Crippen LogP contribution in [0.25, 0.3) is 0 Å². The van der Waals surface area contributed by atoms with Crippen LogP contribution in [0.4, 0.5) is 0 Å². The third-order valence-corrected chi connectivity index (χ3v) is 4.68. The number of hydrogen-bond acceptors (Lipinski definition) is 4. The molecule has 1 heterocycles. The van der Waals surface area contributed by atoms with E-state index in [1.165, 1.54) is 4.88 Å². The maximum absolute atomic E-state index is 5.41. The highest BCUT2D eigenvalue weighted by atomic mass is 32.2. The van der Waals surface area contributed by atoms with Crippen molar-refractivity contribution in [2.45, 2.75) is 10.6 Å². The van der Waals surface area contributed by atoms with Crippen molar-refractivity contribution in [1.82, 2.24) is 0 Å². The number of rotatable bonds is 4. The van der Waals surface area contributed by atoms with Gasteiger partial charge in [-0.25, -0.2) is 0 Å². The Morgan fingerprint density at radius 3 is 2.95 bits per heavy atom. The molecule has 0 saturated heterocycles. The summed E-state index contributed by atoms with van der Waals surface area (Å²) in [6, 6.07) is 10.1. The lowest BCUT2D eigenvalue weighted by Crippen LogP contribution is -1.93. The third kappa shape index (κ3) is 3.77. The molecule has 4 heteroatoms. The summed E-state index contributed by atoms with van der Waals surface area (Å²) in [5.41, 5.74) is 6.49. The van der Waals surface area contributed by atoms with Crippen LogP contribution in [0.2, 0.25) is 0 Å². The van der Waals surface area contributed by atoms with Gasteiger partial charge in [-0.05, 0) is 23.6 Å². The predicted molar refractivity (Wildman–Crippen MR) is 82.8 cm³/mol. The van der Waals surface area contributed by atoms with Gasteiger partial charge in [0.15, 0.2) is 0 Å².